The van der Waals surface area contributed by atoms with Gasteiger partial charge in [-0.15, -0.1) is 0 Å². The zero-order valence-electron chi connectivity index (χ0n) is 14.2. The Labute approximate surface area is 131 Å². The molecule has 0 saturated carbocycles. The highest BCUT2D eigenvalue weighted by Crippen LogP contribution is 2.22. The molecule has 1 rings (SSSR count). The Balaban J connectivity index is 2.63. The minimum Gasteiger partial charge on any atom is -0.457 e. The lowest BCUT2D eigenvalue weighted by molar-refractivity contribution is -0.148. The molecule has 0 radical (unpaired) electrons. The Morgan fingerprint density at radius 1 is 1.14 bits per heavy atom. The van der Waals surface area contributed by atoms with Gasteiger partial charge in [-0.3, -0.25) is 0 Å². The molecule has 6 heteroatoms. The summed E-state index contributed by atoms with van der Waals surface area (Å²) in [6.07, 6.45) is -0.428. The molecule has 0 aromatic carbocycles. The molecule has 1 fully saturated rings. The van der Waals surface area contributed by atoms with Crippen LogP contribution in [0.5, 0.6) is 0 Å². The molecular formula is C16H26FNO4. The van der Waals surface area contributed by atoms with Crippen molar-refractivity contribution in [2.24, 2.45) is 0 Å². The number of carbonyl (C=O) groups excluding carboxylic acids is 2. The highest BCUT2D eigenvalue weighted by molar-refractivity contribution is 5.83. The molecule has 0 bridgehead atoms. The maximum Gasteiger partial charge on any atom is 0.410 e. The average Bonchev–Trinajstić information content (AvgIpc) is 2.26. The number of carbonyl (C=O) groups is 2. The molecule has 5 nitrogen and oxygen atoms in total. The third-order valence-electron chi connectivity index (χ3n) is 2.82. The van der Waals surface area contributed by atoms with E-state index in [-0.39, 0.29) is 6.54 Å². The van der Waals surface area contributed by atoms with Gasteiger partial charge in [0.1, 0.15) is 17.4 Å². The molecule has 0 aromatic rings. The van der Waals surface area contributed by atoms with E-state index < -0.39 is 29.4 Å². The van der Waals surface area contributed by atoms with E-state index in [1.54, 1.807) is 41.5 Å². The van der Waals surface area contributed by atoms with Crippen LogP contribution < -0.4 is 0 Å². The Hall–Kier alpha value is -1.59. The van der Waals surface area contributed by atoms with E-state index in [9.17, 15) is 14.0 Å². The number of alkyl halides is 1. The maximum atomic E-state index is 14.2. The van der Waals surface area contributed by atoms with Crippen molar-refractivity contribution in [3.63, 3.8) is 0 Å². The second kappa shape index (κ2) is 6.67. The van der Waals surface area contributed by atoms with E-state index >= 15 is 0 Å². The molecule has 0 N–H and O–H groups in total. The molecule has 22 heavy (non-hydrogen) atoms. The molecule has 0 unspecified atom stereocenters. The van der Waals surface area contributed by atoms with Crippen LogP contribution >= 0.6 is 0 Å². The number of ether oxygens (including phenoxy) is 2. The van der Waals surface area contributed by atoms with Gasteiger partial charge < -0.3 is 14.4 Å². The van der Waals surface area contributed by atoms with Gasteiger partial charge in [-0.05, 0) is 53.5 Å². The fourth-order valence-corrected chi connectivity index (χ4v) is 1.96. The summed E-state index contributed by atoms with van der Waals surface area (Å²) in [7, 11) is 0. The zero-order chi connectivity index (χ0) is 17.1. The quantitative estimate of drug-likeness (QED) is 0.550. The summed E-state index contributed by atoms with van der Waals surface area (Å²) in [5, 5.41) is 0. The molecule has 1 amide bonds. The maximum absolute atomic E-state index is 14.2. The van der Waals surface area contributed by atoms with Crippen LogP contribution in [-0.4, -0.2) is 47.4 Å². The van der Waals surface area contributed by atoms with Crippen molar-refractivity contribution in [3.05, 3.63) is 11.6 Å². The van der Waals surface area contributed by atoms with Crippen LogP contribution in [0.15, 0.2) is 11.6 Å². The minimum absolute atomic E-state index is 0.108. The lowest BCUT2D eigenvalue weighted by Gasteiger charge is -2.32. The van der Waals surface area contributed by atoms with Crippen LogP contribution in [0.25, 0.3) is 0 Å². The monoisotopic (exact) mass is 315 g/mol. The van der Waals surface area contributed by atoms with E-state index in [1.165, 1.54) is 11.0 Å². The zero-order valence-corrected chi connectivity index (χ0v) is 14.2. The molecule has 1 aliphatic heterocycles. The summed E-state index contributed by atoms with van der Waals surface area (Å²) in [6, 6.07) is 0. The Kier molecular flexibility index (Phi) is 5.59. The molecule has 1 aliphatic rings. The van der Waals surface area contributed by atoms with Crippen molar-refractivity contribution < 1.29 is 23.5 Å². The predicted octanol–water partition coefficient (Wildman–Crippen LogP) is 3.23. The van der Waals surface area contributed by atoms with Gasteiger partial charge in [0, 0.05) is 12.6 Å². The van der Waals surface area contributed by atoms with E-state index in [0.717, 1.165) is 0 Å². The average molecular weight is 315 g/mol. The molecule has 0 spiro atoms. The van der Waals surface area contributed by atoms with Gasteiger partial charge in [-0.2, -0.15) is 0 Å². The second-order valence-electron chi connectivity index (χ2n) is 7.40. The molecule has 1 saturated heterocycles. The predicted molar refractivity (Wildman–Crippen MR) is 81.2 cm³/mol. The van der Waals surface area contributed by atoms with Gasteiger partial charge in [-0.1, -0.05) is 0 Å². The summed E-state index contributed by atoms with van der Waals surface area (Å²) in [4.78, 5) is 24.9. The number of rotatable bonds is 1. The number of halogens is 1. The first-order valence-electron chi connectivity index (χ1n) is 7.43. The Morgan fingerprint density at radius 2 is 1.68 bits per heavy atom. The smallest absolute Gasteiger partial charge is 0.410 e. The summed E-state index contributed by atoms with van der Waals surface area (Å²) in [5.41, 5.74) is -0.874. The van der Waals surface area contributed by atoms with Crippen LogP contribution in [0.3, 0.4) is 0 Å². The summed E-state index contributed by atoms with van der Waals surface area (Å²) in [6.45, 7) is 10.7. The number of hydrogen-bond donors (Lipinski definition) is 0. The SMILES string of the molecule is CC(C)(C)OC(=O)/C=C1\CCN(C(=O)OC(C)(C)C)C[C@H]1F. The van der Waals surface area contributed by atoms with Crippen LogP contribution in [0.1, 0.15) is 48.0 Å². The molecular weight excluding hydrogens is 289 g/mol. The molecule has 126 valence electrons. The van der Waals surface area contributed by atoms with Crippen molar-refractivity contribution in [1.29, 1.82) is 0 Å². The summed E-state index contributed by atoms with van der Waals surface area (Å²) >= 11 is 0. The highest BCUT2D eigenvalue weighted by Gasteiger charge is 2.30. The molecule has 1 atom stereocenters. The standard InChI is InChI=1S/C16H26FNO4/c1-15(2,3)21-13(19)9-11-7-8-18(10-12(11)17)14(20)22-16(4,5)6/h9,12H,7-8,10H2,1-6H3/b11-9+/t12-/m1/s1. The van der Waals surface area contributed by atoms with Crippen molar-refractivity contribution in [3.8, 4) is 0 Å². The molecule has 0 aliphatic carbocycles. The fraction of sp³-hybridized carbons (Fsp3) is 0.750. The van der Waals surface area contributed by atoms with Gasteiger partial charge >= 0.3 is 12.1 Å². The van der Waals surface area contributed by atoms with E-state index in [1.807, 2.05) is 0 Å². The van der Waals surface area contributed by atoms with Crippen molar-refractivity contribution in [2.75, 3.05) is 13.1 Å². The highest BCUT2D eigenvalue weighted by atomic mass is 19.1. The largest absolute Gasteiger partial charge is 0.457 e. The van der Waals surface area contributed by atoms with Crippen molar-refractivity contribution in [1.82, 2.24) is 4.90 Å². The first kappa shape index (κ1) is 18.5. The Morgan fingerprint density at radius 3 is 2.14 bits per heavy atom. The van der Waals surface area contributed by atoms with Gasteiger partial charge in [0.15, 0.2) is 0 Å². The third-order valence-corrected chi connectivity index (χ3v) is 2.82. The van der Waals surface area contributed by atoms with E-state index in [2.05, 4.69) is 0 Å². The first-order valence-corrected chi connectivity index (χ1v) is 7.43. The lowest BCUT2D eigenvalue weighted by atomic mass is 10.0. The normalized spacial score (nSPS) is 21.7. The van der Waals surface area contributed by atoms with Gasteiger partial charge in [0.05, 0.1) is 6.54 Å². The van der Waals surface area contributed by atoms with Crippen LogP contribution in [0.2, 0.25) is 0 Å². The third kappa shape index (κ3) is 6.45. The number of piperidine rings is 1. The van der Waals surface area contributed by atoms with E-state index in [0.29, 0.717) is 18.5 Å². The van der Waals surface area contributed by atoms with E-state index in [4.69, 9.17) is 9.47 Å². The Bertz CT molecular complexity index is 460. The van der Waals surface area contributed by atoms with Gasteiger partial charge in [-0.25, -0.2) is 14.0 Å². The van der Waals surface area contributed by atoms with Crippen LogP contribution in [0, 0.1) is 0 Å². The first-order chi connectivity index (χ1) is 9.87. The lowest BCUT2D eigenvalue weighted by Crippen LogP contribution is -2.44. The molecule has 1 heterocycles. The van der Waals surface area contributed by atoms with Crippen molar-refractivity contribution >= 4 is 12.1 Å². The molecule has 0 aromatic heterocycles. The summed E-state index contributed by atoms with van der Waals surface area (Å²) < 4.78 is 24.5. The number of likely N-dealkylation sites (tertiary alicyclic amines) is 1. The van der Waals surface area contributed by atoms with Crippen LogP contribution in [-0.2, 0) is 14.3 Å². The van der Waals surface area contributed by atoms with Gasteiger partial charge in [0.2, 0.25) is 0 Å². The fourth-order valence-electron chi connectivity index (χ4n) is 1.96. The van der Waals surface area contributed by atoms with Crippen molar-refractivity contribution in [2.45, 2.75) is 65.3 Å². The number of amides is 1. The number of nitrogens with zero attached hydrogens (tertiary/aromatic N) is 1. The van der Waals surface area contributed by atoms with Gasteiger partial charge in [0.25, 0.3) is 0 Å². The van der Waals surface area contributed by atoms with Crippen LogP contribution in [0.4, 0.5) is 9.18 Å². The number of hydrogen-bond acceptors (Lipinski definition) is 4. The topological polar surface area (TPSA) is 55.8 Å². The minimum atomic E-state index is -1.38. The second-order valence-corrected chi connectivity index (χ2v) is 7.40. The number of esters is 1. The summed E-state index contributed by atoms with van der Waals surface area (Å²) in [5.74, 6) is -0.559.